The predicted molar refractivity (Wildman–Crippen MR) is 129 cm³/mol. The fraction of sp³-hybridized carbons (Fsp3) is 0.208. The van der Waals surface area contributed by atoms with Gasteiger partial charge in [-0.15, -0.1) is 0 Å². The zero-order valence-corrected chi connectivity index (χ0v) is 20.2. The van der Waals surface area contributed by atoms with E-state index in [1.165, 1.54) is 17.2 Å². The van der Waals surface area contributed by atoms with Crippen molar-refractivity contribution in [1.29, 1.82) is 0 Å². The van der Waals surface area contributed by atoms with Gasteiger partial charge in [0.05, 0.1) is 11.9 Å². The van der Waals surface area contributed by atoms with Gasteiger partial charge in [0.25, 0.3) is 5.91 Å². The molecule has 1 amide bonds. The molecule has 2 aliphatic heterocycles. The summed E-state index contributed by atoms with van der Waals surface area (Å²) in [6.07, 6.45) is -1.59. The monoisotopic (exact) mass is 537 g/mol. The fourth-order valence-corrected chi connectivity index (χ4v) is 5.32. The number of nitrogens with zero attached hydrogens (tertiary/aromatic N) is 4. The highest BCUT2D eigenvalue weighted by molar-refractivity contribution is 7.82. The lowest BCUT2D eigenvalue weighted by atomic mass is 10.1. The second kappa shape index (κ2) is 9.57. The van der Waals surface area contributed by atoms with Crippen LogP contribution in [0.3, 0.4) is 0 Å². The minimum Gasteiger partial charge on any atom is -0.459 e. The molecule has 2 saturated heterocycles. The van der Waals surface area contributed by atoms with Crippen LogP contribution in [-0.2, 0) is 28.2 Å². The average Bonchev–Trinajstić information content (AvgIpc) is 3.59. The van der Waals surface area contributed by atoms with Crippen LogP contribution in [0, 0.1) is 0 Å². The third-order valence-corrected chi connectivity index (χ3v) is 6.95. The summed E-state index contributed by atoms with van der Waals surface area (Å²) in [6.45, 7) is -0.287. The van der Waals surface area contributed by atoms with Gasteiger partial charge < -0.3 is 14.8 Å². The molecule has 2 aliphatic rings. The third-order valence-electron chi connectivity index (χ3n) is 6.03. The van der Waals surface area contributed by atoms with Crippen LogP contribution in [0.15, 0.2) is 73.3 Å². The topological polar surface area (TPSA) is 161 Å². The summed E-state index contributed by atoms with van der Waals surface area (Å²) in [4.78, 5) is 37.7. The van der Waals surface area contributed by atoms with Crippen molar-refractivity contribution in [2.24, 2.45) is 0 Å². The van der Waals surface area contributed by atoms with Gasteiger partial charge in [0, 0.05) is 5.56 Å². The number of nitrogens with one attached hydrogen (secondary N) is 1. The number of aromatic nitrogens is 4. The summed E-state index contributed by atoms with van der Waals surface area (Å²) in [6, 6.07) is 16.9. The van der Waals surface area contributed by atoms with Crippen LogP contribution in [0.4, 0.5) is 5.82 Å². The van der Waals surface area contributed by atoms with Crippen LogP contribution in [0.2, 0.25) is 0 Å². The Balaban J connectivity index is 1.26. The number of ether oxygens (including phenoxy) is 2. The maximum absolute atomic E-state index is 12.6. The second-order valence-corrected chi connectivity index (χ2v) is 9.63. The highest BCUT2D eigenvalue weighted by Gasteiger charge is 2.57. The van der Waals surface area contributed by atoms with Gasteiger partial charge in [0.2, 0.25) is 0 Å². The molecular formula is C24H19N5O8S. The lowest BCUT2D eigenvalue weighted by molar-refractivity contribution is -0.0595. The SMILES string of the molecule is O=C(Nc1ncnc2c1ncn2C1O[C@H](COC(=O)c2ccccc2)[C@H]2OS(=O)(=O)O[C@@H]12)c1ccccc1. The molecule has 1 N–H and O–H groups in total. The van der Waals surface area contributed by atoms with Crippen LogP contribution < -0.4 is 5.32 Å². The van der Waals surface area contributed by atoms with E-state index < -0.39 is 46.8 Å². The molecule has 2 aromatic carbocycles. The molecule has 0 saturated carbocycles. The molecule has 0 bridgehead atoms. The summed E-state index contributed by atoms with van der Waals surface area (Å²) < 4.78 is 47.4. The van der Waals surface area contributed by atoms with Gasteiger partial charge >= 0.3 is 16.4 Å². The molecule has 2 aromatic heterocycles. The number of fused-ring (bicyclic) bond motifs is 2. The number of esters is 1. The standard InChI is InChI=1S/C24H19N5O8S/c30-22(14-7-3-1-4-8-14)28-20-17-21(26-12-25-20)29(13-27-17)23-19-18(36-38(32,33)37-19)16(35-23)11-34-24(31)15-9-5-2-6-10-15/h1-10,12-13,16,18-19,23H,11H2,(H,25,26,28,30)/t16-,18-,19-,23?/m1/s1. The highest BCUT2D eigenvalue weighted by atomic mass is 32.3. The fourth-order valence-electron chi connectivity index (χ4n) is 4.29. The van der Waals surface area contributed by atoms with E-state index in [0.29, 0.717) is 11.1 Å². The van der Waals surface area contributed by atoms with E-state index in [-0.39, 0.29) is 23.6 Å². The summed E-state index contributed by atoms with van der Waals surface area (Å²) in [5.41, 5.74) is 1.26. The molecule has 1 unspecified atom stereocenters. The van der Waals surface area contributed by atoms with Crippen molar-refractivity contribution in [2.75, 3.05) is 11.9 Å². The molecule has 2 fully saturated rings. The largest absolute Gasteiger partial charge is 0.459 e. The van der Waals surface area contributed by atoms with Crippen LogP contribution in [0.1, 0.15) is 26.9 Å². The van der Waals surface area contributed by atoms with E-state index in [0.717, 1.165) is 0 Å². The van der Waals surface area contributed by atoms with Gasteiger partial charge in [-0.3, -0.25) is 9.36 Å². The van der Waals surface area contributed by atoms with Gasteiger partial charge in [-0.25, -0.2) is 28.1 Å². The number of imidazole rings is 1. The normalized spacial score (nSPS) is 23.7. The lowest BCUT2D eigenvalue weighted by Gasteiger charge is -2.18. The van der Waals surface area contributed by atoms with E-state index in [1.54, 1.807) is 60.7 Å². The quantitative estimate of drug-likeness (QED) is 0.357. The number of carbonyl (C=O) groups excluding carboxylic acids is 2. The zero-order chi connectivity index (χ0) is 26.3. The molecular weight excluding hydrogens is 518 g/mol. The first-order chi connectivity index (χ1) is 18.4. The van der Waals surface area contributed by atoms with E-state index in [1.807, 2.05) is 0 Å². The number of amides is 1. The van der Waals surface area contributed by atoms with Crippen molar-refractivity contribution < 1.29 is 35.8 Å². The van der Waals surface area contributed by atoms with E-state index in [2.05, 4.69) is 20.3 Å². The molecule has 38 heavy (non-hydrogen) atoms. The Morgan fingerprint density at radius 1 is 0.921 bits per heavy atom. The third kappa shape index (κ3) is 4.50. The Labute approximate surface area is 215 Å². The van der Waals surface area contributed by atoms with Gasteiger partial charge in [-0.2, -0.15) is 8.42 Å². The van der Waals surface area contributed by atoms with Gasteiger partial charge in [-0.05, 0) is 24.3 Å². The highest BCUT2D eigenvalue weighted by Crippen LogP contribution is 2.41. The van der Waals surface area contributed by atoms with Gasteiger partial charge in [0.1, 0.15) is 25.1 Å². The van der Waals surface area contributed by atoms with Crippen LogP contribution in [0.25, 0.3) is 11.2 Å². The Bertz CT molecular complexity index is 1610. The molecule has 4 aromatic rings. The summed E-state index contributed by atoms with van der Waals surface area (Å²) in [5, 5.41) is 2.71. The van der Waals surface area contributed by atoms with Crippen LogP contribution in [0.5, 0.6) is 0 Å². The summed E-state index contributed by atoms with van der Waals surface area (Å²) in [5.74, 6) is -0.839. The van der Waals surface area contributed by atoms with Crippen molar-refractivity contribution >= 4 is 39.3 Å². The van der Waals surface area contributed by atoms with E-state index >= 15 is 0 Å². The number of hydrogen-bond donors (Lipinski definition) is 1. The first kappa shape index (κ1) is 24.1. The lowest BCUT2D eigenvalue weighted by Crippen LogP contribution is -2.32. The molecule has 14 heteroatoms. The van der Waals surface area contributed by atoms with Gasteiger partial charge in [0.15, 0.2) is 29.3 Å². The number of carbonyl (C=O) groups is 2. The molecule has 6 rings (SSSR count). The molecule has 0 aliphatic carbocycles. The van der Waals surface area contributed by atoms with Gasteiger partial charge in [-0.1, -0.05) is 36.4 Å². The minimum absolute atomic E-state index is 0.154. The number of benzene rings is 2. The molecule has 4 heterocycles. The maximum Gasteiger partial charge on any atom is 0.400 e. The molecule has 0 spiro atoms. The summed E-state index contributed by atoms with van der Waals surface area (Å²) >= 11 is 0. The minimum atomic E-state index is -4.31. The number of anilines is 1. The van der Waals surface area contributed by atoms with Crippen molar-refractivity contribution in [3.8, 4) is 0 Å². The second-order valence-electron chi connectivity index (χ2n) is 8.43. The molecule has 13 nitrogen and oxygen atoms in total. The van der Waals surface area contributed by atoms with Crippen molar-refractivity contribution in [3.05, 3.63) is 84.4 Å². The van der Waals surface area contributed by atoms with E-state index in [4.69, 9.17) is 17.8 Å². The molecule has 0 radical (unpaired) electrons. The predicted octanol–water partition coefficient (Wildman–Crippen LogP) is 1.86. The Morgan fingerprint density at radius 3 is 2.34 bits per heavy atom. The Morgan fingerprint density at radius 2 is 1.61 bits per heavy atom. The first-order valence-corrected chi connectivity index (χ1v) is 12.8. The van der Waals surface area contributed by atoms with Crippen molar-refractivity contribution in [1.82, 2.24) is 19.5 Å². The maximum atomic E-state index is 12.6. The van der Waals surface area contributed by atoms with Crippen molar-refractivity contribution in [2.45, 2.75) is 24.5 Å². The van der Waals surface area contributed by atoms with Crippen LogP contribution >= 0.6 is 0 Å². The number of hydrogen-bond acceptors (Lipinski definition) is 11. The molecule has 4 atom stereocenters. The summed E-state index contributed by atoms with van der Waals surface area (Å²) in [7, 11) is -4.31. The number of rotatable bonds is 6. The Kier molecular flexibility index (Phi) is 6.07. The Hall–Kier alpha value is -4.24. The zero-order valence-electron chi connectivity index (χ0n) is 19.4. The average molecular weight is 538 g/mol. The van der Waals surface area contributed by atoms with Crippen molar-refractivity contribution in [3.63, 3.8) is 0 Å². The molecule has 194 valence electrons. The van der Waals surface area contributed by atoms with Crippen LogP contribution in [-0.4, -0.2) is 64.7 Å². The van der Waals surface area contributed by atoms with E-state index in [9.17, 15) is 18.0 Å². The first-order valence-electron chi connectivity index (χ1n) is 11.4. The smallest absolute Gasteiger partial charge is 0.400 e.